The first kappa shape index (κ1) is 18.6. The highest BCUT2D eigenvalue weighted by Gasteiger charge is 2.32. The minimum Gasteiger partial charge on any atom is -0.368 e. The number of hydrogen-bond acceptors (Lipinski definition) is 3. The average molecular weight is 387 g/mol. The molecule has 1 aliphatic rings. The molecule has 0 N–H and O–H groups in total. The predicted octanol–water partition coefficient (Wildman–Crippen LogP) is 3.36. The van der Waals surface area contributed by atoms with Gasteiger partial charge in [-0.25, -0.2) is 0 Å². The molecule has 5 nitrogen and oxygen atoms in total. The van der Waals surface area contributed by atoms with E-state index in [2.05, 4.69) is 5.10 Å². The van der Waals surface area contributed by atoms with Crippen LogP contribution in [0, 0.1) is 6.92 Å². The van der Waals surface area contributed by atoms with Gasteiger partial charge in [0.05, 0.1) is 16.8 Å². The van der Waals surface area contributed by atoms with Crippen molar-refractivity contribution in [2.24, 2.45) is 7.05 Å². The normalized spacial score (nSPS) is 15.5. The first-order chi connectivity index (χ1) is 12.2. The van der Waals surface area contributed by atoms with Crippen LogP contribution < -0.4 is 4.90 Å². The average Bonchev–Trinajstić information content (AvgIpc) is 2.86. The van der Waals surface area contributed by atoms with Gasteiger partial charge in [-0.05, 0) is 25.1 Å². The van der Waals surface area contributed by atoms with Crippen molar-refractivity contribution in [1.82, 2.24) is 14.7 Å². The molecule has 0 saturated carbocycles. The highest BCUT2D eigenvalue weighted by Crippen LogP contribution is 2.32. The number of aryl methyl sites for hydroxylation is 2. The van der Waals surface area contributed by atoms with Crippen LogP contribution in [-0.4, -0.2) is 46.8 Å². The number of piperazine rings is 1. The van der Waals surface area contributed by atoms with Gasteiger partial charge in [0.25, 0.3) is 5.91 Å². The molecule has 3 rings (SSSR count). The molecule has 9 heteroatoms. The molecular weight excluding hydrogens is 369 g/mol. The summed E-state index contributed by atoms with van der Waals surface area (Å²) in [6.45, 7) is 3.42. The van der Waals surface area contributed by atoms with Crippen molar-refractivity contribution in [3.05, 3.63) is 46.2 Å². The molecule has 0 bridgehead atoms. The number of halogens is 4. The lowest BCUT2D eigenvalue weighted by Gasteiger charge is -2.36. The molecule has 2 heterocycles. The number of carbonyl (C=O) groups is 1. The van der Waals surface area contributed by atoms with Gasteiger partial charge in [0.15, 0.2) is 0 Å². The summed E-state index contributed by atoms with van der Waals surface area (Å²) < 4.78 is 40.1. The van der Waals surface area contributed by atoms with Crippen LogP contribution in [0.2, 0.25) is 5.15 Å². The van der Waals surface area contributed by atoms with Crippen molar-refractivity contribution >= 4 is 23.2 Å². The fourth-order valence-corrected chi connectivity index (χ4v) is 3.33. The van der Waals surface area contributed by atoms with E-state index in [1.54, 1.807) is 24.9 Å². The van der Waals surface area contributed by atoms with Crippen molar-refractivity contribution in [3.8, 4) is 0 Å². The highest BCUT2D eigenvalue weighted by atomic mass is 35.5. The number of rotatable bonds is 2. The number of alkyl halides is 3. The van der Waals surface area contributed by atoms with Crippen molar-refractivity contribution in [2.75, 3.05) is 31.1 Å². The summed E-state index contributed by atoms with van der Waals surface area (Å²) in [5.74, 6) is -0.204. The lowest BCUT2D eigenvalue weighted by atomic mass is 10.1. The first-order valence-electron chi connectivity index (χ1n) is 8.09. The molecule has 26 heavy (non-hydrogen) atoms. The second-order valence-corrected chi connectivity index (χ2v) is 6.56. The van der Waals surface area contributed by atoms with Crippen LogP contribution in [0.1, 0.15) is 21.6 Å². The van der Waals surface area contributed by atoms with Crippen molar-refractivity contribution < 1.29 is 18.0 Å². The lowest BCUT2D eigenvalue weighted by molar-refractivity contribution is -0.137. The molecule has 0 aliphatic carbocycles. The van der Waals surface area contributed by atoms with Gasteiger partial charge >= 0.3 is 6.18 Å². The summed E-state index contributed by atoms with van der Waals surface area (Å²) in [6, 6.07) is 5.24. The monoisotopic (exact) mass is 386 g/mol. The summed E-state index contributed by atoms with van der Waals surface area (Å²) in [5, 5.41) is 4.43. The summed E-state index contributed by atoms with van der Waals surface area (Å²) in [4.78, 5) is 16.2. The second kappa shape index (κ2) is 6.83. The Kier molecular flexibility index (Phi) is 4.88. The molecule has 140 valence electrons. The Labute approximate surface area is 153 Å². The topological polar surface area (TPSA) is 41.4 Å². The third-order valence-electron chi connectivity index (χ3n) is 4.47. The second-order valence-electron chi connectivity index (χ2n) is 6.20. The fourth-order valence-electron chi connectivity index (χ4n) is 3.08. The number of benzene rings is 1. The molecule has 1 amide bonds. The third kappa shape index (κ3) is 3.51. The van der Waals surface area contributed by atoms with E-state index in [-0.39, 0.29) is 11.1 Å². The maximum atomic E-state index is 12.9. The van der Waals surface area contributed by atoms with E-state index in [1.165, 1.54) is 10.7 Å². The van der Waals surface area contributed by atoms with E-state index >= 15 is 0 Å². The number of hydrogen-bond donors (Lipinski definition) is 0. The molecule has 2 aromatic rings. The third-order valence-corrected chi connectivity index (χ3v) is 4.91. The van der Waals surface area contributed by atoms with E-state index in [0.717, 1.165) is 12.1 Å². The largest absolute Gasteiger partial charge is 0.416 e. The van der Waals surface area contributed by atoms with Gasteiger partial charge in [0.2, 0.25) is 0 Å². The van der Waals surface area contributed by atoms with Gasteiger partial charge in [-0.3, -0.25) is 9.48 Å². The van der Waals surface area contributed by atoms with Gasteiger partial charge in [-0.15, -0.1) is 0 Å². The van der Waals surface area contributed by atoms with E-state index < -0.39 is 11.7 Å². The molecule has 1 aromatic carbocycles. The van der Waals surface area contributed by atoms with E-state index in [9.17, 15) is 18.0 Å². The summed E-state index contributed by atoms with van der Waals surface area (Å²) >= 11 is 6.15. The van der Waals surface area contributed by atoms with Gasteiger partial charge in [0.1, 0.15) is 5.15 Å². The molecule has 0 atom stereocenters. The molecule has 1 saturated heterocycles. The SMILES string of the molecule is Cc1nn(C)c(Cl)c1C(=O)N1CCN(c2cccc(C(F)(F)F)c2)CC1. The van der Waals surface area contributed by atoms with Crippen LogP contribution in [0.3, 0.4) is 0 Å². The van der Waals surface area contributed by atoms with Gasteiger partial charge in [0, 0.05) is 38.9 Å². The highest BCUT2D eigenvalue weighted by molar-refractivity contribution is 6.33. The smallest absolute Gasteiger partial charge is 0.368 e. The quantitative estimate of drug-likeness (QED) is 0.794. The molecule has 0 spiro atoms. The minimum absolute atomic E-state index is 0.204. The van der Waals surface area contributed by atoms with E-state index in [0.29, 0.717) is 43.1 Å². The molecule has 0 radical (unpaired) electrons. The van der Waals surface area contributed by atoms with E-state index in [4.69, 9.17) is 11.6 Å². The number of nitrogens with zero attached hydrogens (tertiary/aromatic N) is 4. The number of amides is 1. The minimum atomic E-state index is -4.37. The Morgan fingerprint density at radius 2 is 1.85 bits per heavy atom. The van der Waals surface area contributed by atoms with Crippen LogP contribution in [0.15, 0.2) is 24.3 Å². The lowest BCUT2D eigenvalue weighted by Crippen LogP contribution is -2.49. The maximum absolute atomic E-state index is 12.9. The Morgan fingerprint density at radius 1 is 1.19 bits per heavy atom. The van der Waals surface area contributed by atoms with E-state index in [1.807, 2.05) is 4.90 Å². The first-order valence-corrected chi connectivity index (χ1v) is 8.47. The summed E-state index contributed by atoms with van der Waals surface area (Å²) in [5.41, 5.74) is 0.762. The maximum Gasteiger partial charge on any atom is 0.416 e. The van der Waals surface area contributed by atoms with Crippen LogP contribution >= 0.6 is 11.6 Å². The van der Waals surface area contributed by atoms with Gasteiger partial charge in [-0.1, -0.05) is 17.7 Å². The zero-order valence-electron chi connectivity index (χ0n) is 14.3. The molecule has 1 aromatic heterocycles. The Bertz CT molecular complexity index is 826. The molecule has 1 fully saturated rings. The van der Waals surface area contributed by atoms with Gasteiger partial charge < -0.3 is 9.80 Å². The molecule has 0 unspecified atom stereocenters. The van der Waals surface area contributed by atoms with Crippen molar-refractivity contribution in [1.29, 1.82) is 0 Å². The van der Waals surface area contributed by atoms with Crippen molar-refractivity contribution in [3.63, 3.8) is 0 Å². The number of carbonyl (C=O) groups excluding carboxylic acids is 1. The number of anilines is 1. The Hall–Kier alpha value is -2.22. The Morgan fingerprint density at radius 3 is 2.38 bits per heavy atom. The zero-order chi connectivity index (χ0) is 19.1. The molecule has 1 aliphatic heterocycles. The number of aromatic nitrogens is 2. The van der Waals surface area contributed by atoms with Crippen LogP contribution in [0.4, 0.5) is 18.9 Å². The summed E-state index contributed by atoms with van der Waals surface area (Å²) in [7, 11) is 1.66. The summed E-state index contributed by atoms with van der Waals surface area (Å²) in [6.07, 6.45) is -4.37. The van der Waals surface area contributed by atoms with Gasteiger partial charge in [-0.2, -0.15) is 18.3 Å². The van der Waals surface area contributed by atoms with Crippen LogP contribution in [-0.2, 0) is 13.2 Å². The Balaban J connectivity index is 1.71. The van der Waals surface area contributed by atoms with Crippen molar-refractivity contribution in [2.45, 2.75) is 13.1 Å². The molecular formula is C17H18ClF3N4O. The zero-order valence-corrected chi connectivity index (χ0v) is 15.1. The fraction of sp³-hybridized carbons (Fsp3) is 0.412. The van der Waals surface area contributed by atoms with Crippen LogP contribution in [0.25, 0.3) is 0 Å². The van der Waals surface area contributed by atoms with Crippen LogP contribution in [0.5, 0.6) is 0 Å². The predicted molar refractivity (Wildman–Crippen MR) is 92.5 cm³/mol. The standard InChI is InChI=1S/C17H18ClF3N4O/c1-11-14(15(18)23(2)22-11)16(26)25-8-6-24(7-9-25)13-5-3-4-12(10-13)17(19,20)21/h3-5,10H,6-9H2,1-2H3.